The molecule has 2 aliphatic rings. The number of H-pyrrole nitrogens is 4. The lowest BCUT2D eigenvalue weighted by Crippen LogP contribution is -2.52. The lowest BCUT2D eigenvalue weighted by molar-refractivity contribution is -0.123. The first-order valence-electron chi connectivity index (χ1n) is 19.8. The predicted octanol–water partition coefficient (Wildman–Crippen LogP) is 0.230. The number of nitrogens with one attached hydrogen (secondary N) is 6. The molecule has 6 amide bonds. The van der Waals surface area contributed by atoms with E-state index in [0.717, 1.165) is 33.1 Å². The number of nitrogens with zero attached hydrogens (tertiary/aromatic N) is 2. The molecule has 4 heterocycles. The zero-order valence-electron chi connectivity index (χ0n) is 34.7. The minimum absolute atomic E-state index is 0. The van der Waals surface area contributed by atoms with Crippen molar-refractivity contribution in [3.05, 3.63) is 186 Å². The number of fused-ring (bicyclic) bond motifs is 2. The van der Waals surface area contributed by atoms with Crippen molar-refractivity contribution in [2.24, 2.45) is 11.5 Å². The third kappa shape index (κ3) is 11.3. The van der Waals surface area contributed by atoms with Crippen LogP contribution < -0.4 is 54.4 Å². The molecule has 0 aliphatic carbocycles. The fourth-order valence-corrected chi connectivity index (χ4v) is 9.83. The quantitative estimate of drug-likeness (QED) is 0.0915. The largest absolute Gasteiger partial charge is 0.412 e. The minimum atomic E-state index is -1.14. The highest BCUT2D eigenvalue weighted by molar-refractivity contribution is 8.00. The summed E-state index contributed by atoms with van der Waals surface area (Å²) < 4.78 is 0. The Labute approximate surface area is 386 Å². The first-order chi connectivity index (χ1) is 31.7. The van der Waals surface area contributed by atoms with E-state index in [4.69, 9.17) is 11.5 Å². The van der Waals surface area contributed by atoms with Crippen LogP contribution in [0.5, 0.6) is 0 Å². The van der Waals surface area contributed by atoms with Crippen LogP contribution in [0.3, 0.4) is 0 Å². The van der Waals surface area contributed by atoms with E-state index in [1.165, 1.54) is 33.3 Å². The third-order valence-corrected chi connectivity index (χ3v) is 12.8. The van der Waals surface area contributed by atoms with Crippen molar-refractivity contribution in [1.82, 2.24) is 30.6 Å². The van der Waals surface area contributed by atoms with Crippen molar-refractivity contribution in [1.29, 1.82) is 0 Å². The van der Waals surface area contributed by atoms with Gasteiger partial charge in [0.25, 0.3) is 34.7 Å². The molecule has 0 saturated heterocycles. The zero-order valence-corrected chi connectivity index (χ0v) is 36.4. The van der Waals surface area contributed by atoms with Crippen molar-refractivity contribution in [3.8, 4) is 0 Å². The van der Waals surface area contributed by atoms with Gasteiger partial charge in [-0.25, -0.2) is 9.59 Å². The Bertz CT molecular complexity index is 2830. The lowest BCUT2D eigenvalue weighted by atomic mass is 10.0. The molecule has 23 heteroatoms. The van der Waals surface area contributed by atoms with Gasteiger partial charge < -0.3 is 47.3 Å². The summed E-state index contributed by atoms with van der Waals surface area (Å²) in [6.45, 7) is -0.766. The molecule has 2 aliphatic heterocycles. The SMILES string of the molecule is NC(=O)CN1C(=O)[C@H](NC(=O)c2cc(=O)[nH]c(=O)[nH]2)[C@@H](c2ccccc2)Sc2ccccc21.NC(=O)CN1C(=O)[C@H](NC(=O)c2cc(=O)[nH]c(=O)[nH]2)[C@@H](c2ccccc2)Sc2ccccc21.O. The number of carbonyl (C=O) groups excluding carboxylic acids is 6. The molecular weight excluding hydrogens is 909 g/mol. The highest BCUT2D eigenvalue weighted by Gasteiger charge is 2.42. The summed E-state index contributed by atoms with van der Waals surface area (Å²) >= 11 is 2.70. The van der Waals surface area contributed by atoms with Gasteiger partial charge in [0.2, 0.25) is 11.8 Å². The second kappa shape index (κ2) is 21.1. The molecule has 4 aromatic carbocycles. The molecular formula is C44H40N10O11S2. The molecule has 0 radical (unpaired) electrons. The standard InChI is InChI=1S/2C22H19N5O5S.H2O/c2*23-16(28)11-27-14-8-4-5-9-15(14)33-19(12-6-2-1-3-7-12)18(21(27)31)26-20(30)13-10-17(29)25-22(32)24-13;/h2*1-10,18-19H,11H2,(H2,23,28)(H,26,30)(H2,24,25,29,32);1H2/t2*18-,19-;/m11./s1. The number of thioether (sulfide) groups is 2. The second-order valence-electron chi connectivity index (χ2n) is 14.5. The highest BCUT2D eigenvalue weighted by Crippen LogP contribution is 2.47. The summed E-state index contributed by atoms with van der Waals surface area (Å²) in [6.07, 6.45) is 0. The van der Waals surface area contributed by atoms with Gasteiger partial charge in [0.1, 0.15) is 36.6 Å². The Morgan fingerprint density at radius 3 is 1.19 bits per heavy atom. The van der Waals surface area contributed by atoms with E-state index in [1.807, 2.05) is 82.8 Å². The van der Waals surface area contributed by atoms with Crippen LogP contribution in [0.25, 0.3) is 0 Å². The number of carbonyl (C=O) groups is 6. The van der Waals surface area contributed by atoms with Crippen LogP contribution in [0.15, 0.2) is 150 Å². The number of aromatic amines is 4. The number of primary amides is 2. The monoisotopic (exact) mass is 948 g/mol. The summed E-state index contributed by atoms with van der Waals surface area (Å²) in [7, 11) is 0. The maximum Gasteiger partial charge on any atom is 0.326 e. The summed E-state index contributed by atoms with van der Waals surface area (Å²) in [4.78, 5) is 136. The van der Waals surface area contributed by atoms with Crippen molar-refractivity contribution >= 4 is 70.3 Å². The first-order valence-corrected chi connectivity index (χ1v) is 21.5. The molecule has 12 N–H and O–H groups in total. The van der Waals surface area contributed by atoms with Crippen LogP contribution >= 0.6 is 23.5 Å². The van der Waals surface area contributed by atoms with Crippen LogP contribution in [0.1, 0.15) is 42.6 Å². The van der Waals surface area contributed by atoms with Crippen LogP contribution in [-0.4, -0.2) is 86.0 Å². The zero-order chi connectivity index (χ0) is 47.1. The molecule has 6 aromatic rings. The number of nitrogens with two attached hydrogens (primary N) is 2. The average Bonchev–Trinajstić information content (AvgIpc) is 3.47. The number of amides is 6. The molecule has 2 aromatic heterocycles. The molecule has 0 spiro atoms. The summed E-state index contributed by atoms with van der Waals surface area (Å²) in [5.74, 6) is -4.18. The Morgan fingerprint density at radius 1 is 0.507 bits per heavy atom. The topological polar surface area (TPSA) is 348 Å². The van der Waals surface area contributed by atoms with Gasteiger partial charge in [0.05, 0.1) is 21.9 Å². The number of para-hydroxylation sites is 2. The lowest BCUT2D eigenvalue weighted by Gasteiger charge is -2.28. The van der Waals surface area contributed by atoms with Gasteiger partial charge in [-0.05, 0) is 35.4 Å². The van der Waals surface area contributed by atoms with E-state index >= 15 is 0 Å². The minimum Gasteiger partial charge on any atom is -0.412 e. The van der Waals surface area contributed by atoms with Crippen molar-refractivity contribution in [3.63, 3.8) is 0 Å². The van der Waals surface area contributed by atoms with E-state index in [1.54, 1.807) is 36.4 Å². The molecule has 21 nitrogen and oxygen atoms in total. The number of benzene rings is 4. The molecule has 0 fully saturated rings. The van der Waals surface area contributed by atoms with Crippen LogP contribution in [-0.2, 0) is 19.2 Å². The Kier molecular flexibility index (Phi) is 15.2. The molecule has 8 rings (SSSR count). The van der Waals surface area contributed by atoms with Gasteiger partial charge >= 0.3 is 11.4 Å². The maximum atomic E-state index is 13.7. The van der Waals surface area contributed by atoms with Crippen molar-refractivity contribution in [2.75, 3.05) is 22.9 Å². The molecule has 0 bridgehead atoms. The van der Waals surface area contributed by atoms with Crippen molar-refractivity contribution in [2.45, 2.75) is 32.4 Å². The second-order valence-corrected chi connectivity index (χ2v) is 16.9. The van der Waals surface area contributed by atoms with Gasteiger partial charge in [-0.15, -0.1) is 23.5 Å². The van der Waals surface area contributed by atoms with Crippen LogP contribution in [0, 0.1) is 0 Å². The summed E-state index contributed by atoms with van der Waals surface area (Å²) in [5, 5.41) is 4.13. The first kappa shape index (κ1) is 48.2. The fraction of sp³-hybridized carbons (Fsp3) is 0.136. The van der Waals surface area contributed by atoms with E-state index in [0.29, 0.717) is 11.4 Å². The third-order valence-electron chi connectivity index (χ3n) is 9.96. The van der Waals surface area contributed by atoms with Crippen LogP contribution in [0.4, 0.5) is 11.4 Å². The fourth-order valence-electron chi connectivity index (χ4n) is 7.14. The van der Waals surface area contributed by atoms with Gasteiger partial charge in [0, 0.05) is 21.9 Å². The Hall–Kier alpha value is -8.28. The molecule has 0 unspecified atom stereocenters. The van der Waals surface area contributed by atoms with Crippen LogP contribution in [0.2, 0.25) is 0 Å². The number of hydrogen-bond donors (Lipinski definition) is 8. The van der Waals surface area contributed by atoms with Gasteiger partial charge in [-0.1, -0.05) is 84.9 Å². The number of hydrogen-bond acceptors (Lipinski definition) is 12. The average molecular weight is 949 g/mol. The van der Waals surface area contributed by atoms with E-state index < -0.39 is 80.5 Å². The van der Waals surface area contributed by atoms with E-state index in [2.05, 4.69) is 20.6 Å². The van der Waals surface area contributed by atoms with Crippen molar-refractivity contribution < 1.29 is 34.2 Å². The van der Waals surface area contributed by atoms with E-state index in [9.17, 15) is 47.9 Å². The number of aromatic nitrogens is 4. The normalized spacial score (nSPS) is 17.4. The number of rotatable bonds is 10. The molecule has 67 heavy (non-hydrogen) atoms. The highest BCUT2D eigenvalue weighted by atomic mass is 32.2. The summed E-state index contributed by atoms with van der Waals surface area (Å²) in [6, 6.07) is 31.9. The molecule has 4 atom stereocenters. The predicted molar refractivity (Wildman–Crippen MR) is 248 cm³/mol. The smallest absolute Gasteiger partial charge is 0.326 e. The molecule has 0 saturated carbocycles. The number of anilines is 2. The van der Waals surface area contributed by atoms with Gasteiger partial charge in [-0.3, -0.25) is 48.3 Å². The Balaban J connectivity index is 0.000000218. The maximum absolute atomic E-state index is 13.7. The summed E-state index contributed by atoms with van der Waals surface area (Å²) in [5.41, 5.74) is 9.52. The molecule has 344 valence electrons. The Morgan fingerprint density at radius 2 is 0.851 bits per heavy atom. The van der Waals surface area contributed by atoms with Gasteiger partial charge in [-0.2, -0.15) is 0 Å². The van der Waals surface area contributed by atoms with E-state index in [-0.39, 0.29) is 30.0 Å². The van der Waals surface area contributed by atoms with Gasteiger partial charge in [0.15, 0.2) is 0 Å².